The number of hydrogen-bond donors (Lipinski definition) is 0. The number of nitrogens with zero attached hydrogens (tertiary/aromatic N) is 5. The van der Waals surface area contributed by atoms with Gasteiger partial charge in [0.1, 0.15) is 30.7 Å². The van der Waals surface area contributed by atoms with Crippen molar-refractivity contribution in [2.75, 3.05) is 31.1 Å². The van der Waals surface area contributed by atoms with E-state index in [2.05, 4.69) is 23.1 Å². The van der Waals surface area contributed by atoms with Gasteiger partial charge in [-0.1, -0.05) is 60.7 Å². The van der Waals surface area contributed by atoms with Crippen LogP contribution in [0.3, 0.4) is 0 Å². The van der Waals surface area contributed by atoms with Gasteiger partial charge in [-0.2, -0.15) is 10.1 Å². The van der Waals surface area contributed by atoms with Crippen molar-refractivity contribution in [2.24, 2.45) is 18.9 Å². The Kier molecular flexibility index (Phi) is 10.8. The summed E-state index contributed by atoms with van der Waals surface area (Å²) in [5, 5.41) is 5.96. The number of benzene rings is 3. The fraction of sp³-hybridized carbons (Fsp3) is 0.419. The summed E-state index contributed by atoms with van der Waals surface area (Å²) in [6.45, 7) is 9.06. The van der Waals surface area contributed by atoms with Crippen LogP contribution in [-0.2, 0) is 25.0 Å². The molecule has 0 saturated carbocycles. The molecule has 2 saturated heterocycles. The molecule has 0 aliphatic carbocycles. The molecule has 2 aromatic heterocycles. The van der Waals surface area contributed by atoms with Crippen LogP contribution in [0.4, 0.5) is 14.9 Å². The molecular weight excluding hydrogens is 670 g/mol. The van der Waals surface area contributed by atoms with E-state index >= 15 is 4.39 Å². The number of amides is 1. The first-order valence-electron chi connectivity index (χ1n) is 18.8. The van der Waals surface area contributed by atoms with Crippen LogP contribution in [0.25, 0.3) is 22.2 Å². The van der Waals surface area contributed by atoms with Gasteiger partial charge < -0.3 is 24.0 Å². The lowest BCUT2D eigenvalue weighted by atomic mass is 9.81. The van der Waals surface area contributed by atoms with Gasteiger partial charge in [-0.25, -0.2) is 9.18 Å². The summed E-state index contributed by atoms with van der Waals surface area (Å²) in [7, 11) is 1.96. The summed E-state index contributed by atoms with van der Waals surface area (Å²) >= 11 is 0. The molecule has 7 rings (SSSR count). The SMILES string of the molecule is Cn1nc(-c2ccc(OCc3ccccc3)nc2OCc2ccccc2)c2ccc(N3CCC([C@@H](F)C4CCN(C(=O)OC(C)(C)C)CC4)CC3)cc21. The first kappa shape index (κ1) is 36.2. The van der Waals surface area contributed by atoms with Crippen LogP contribution in [0.2, 0.25) is 0 Å². The van der Waals surface area contributed by atoms with Crippen LogP contribution in [0.1, 0.15) is 57.6 Å². The number of halogens is 1. The predicted octanol–water partition coefficient (Wildman–Crippen LogP) is 8.99. The largest absolute Gasteiger partial charge is 0.473 e. The highest BCUT2D eigenvalue weighted by molar-refractivity contribution is 5.96. The molecule has 2 aliphatic heterocycles. The second-order valence-corrected chi connectivity index (χ2v) is 15.3. The maximum absolute atomic E-state index is 15.9. The van der Waals surface area contributed by atoms with E-state index in [-0.39, 0.29) is 17.9 Å². The molecule has 278 valence electrons. The topological polar surface area (TPSA) is 82.0 Å². The van der Waals surface area contributed by atoms with E-state index in [1.54, 1.807) is 4.90 Å². The van der Waals surface area contributed by atoms with Gasteiger partial charge >= 0.3 is 6.09 Å². The maximum Gasteiger partial charge on any atom is 0.410 e. The lowest BCUT2D eigenvalue weighted by molar-refractivity contribution is 0.0104. The number of hydrogen-bond acceptors (Lipinski definition) is 7. The van der Waals surface area contributed by atoms with Gasteiger partial charge in [0.2, 0.25) is 11.8 Å². The zero-order valence-electron chi connectivity index (χ0n) is 31.2. The third kappa shape index (κ3) is 8.75. The lowest BCUT2D eigenvalue weighted by Gasteiger charge is -2.39. The molecule has 53 heavy (non-hydrogen) atoms. The fourth-order valence-electron chi connectivity index (χ4n) is 7.48. The van der Waals surface area contributed by atoms with Crippen LogP contribution in [0.5, 0.6) is 11.8 Å². The molecule has 0 spiro atoms. The summed E-state index contributed by atoms with van der Waals surface area (Å²) in [6.07, 6.45) is 1.80. The highest BCUT2D eigenvalue weighted by Gasteiger charge is 2.36. The third-order valence-corrected chi connectivity index (χ3v) is 10.4. The number of carbonyl (C=O) groups is 1. The average molecular weight is 720 g/mol. The Labute approximate surface area is 311 Å². The molecule has 0 N–H and O–H groups in total. The molecule has 3 aromatic carbocycles. The first-order chi connectivity index (χ1) is 25.6. The van der Waals surface area contributed by atoms with Crippen molar-refractivity contribution in [1.82, 2.24) is 19.7 Å². The van der Waals surface area contributed by atoms with Gasteiger partial charge in [0.15, 0.2) is 0 Å². The van der Waals surface area contributed by atoms with Crippen LogP contribution < -0.4 is 14.4 Å². The number of aryl methyl sites for hydroxylation is 1. The molecule has 4 heterocycles. The van der Waals surface area contributed by atoms with E-state index in [1.165, 1.54) is 0 Å². The Hall–Kier alpha value is -5.12. The van der Waals surface area contributed by atoms with Crippen molar-refractivity contribution in [3.8, 4) is 23.0 Å². The third-order valence-electron chi connectivity index (χ3n) is 10.4. The Morgan fingerprint density at radius 2 is 1.42 bits per heavy atom. The first-order valence-corrected chi connectivity index (χ1v) is 18.8. The molecule has 5 aromatic rings. The number of rotatable bonds is 10. The van der Waals surface area contributed by atoms with E-state index in [0.29, 0.717) is 50.9 Å². The van der Waals surface area contributed by atoms with Crippen molar-refractivity contribution in [3.05, 3.63) is 102 Å². The van der Waals surface area contributed by atoms with Crippen molar-refractivity contribution in [2.45, 2.75) is 71.4 Å². The van der Waals surface area contributed by atoms with Gasteiger partial charge in [-0.3, -0.25) is 4.68 Å². The Bertz CT molecular complexity index is 1980. The van der Waals surface area contributed by atoms with Crippen molar-refractivity contribution < 1.29 is 23.4 Å². The zero-order valence-corrected chi connectivity index (χ0v) is 31.2. The van der Waals surface area contributed by atoms with E-state index in [9.17, 15) is 4.79 Å². The highest BCUT2D eigenvalue weighted by atomic mass is 19.1. The second-order valence-electron chi connectivity index (χ2n) is 15.3. The Balaban J connectivity index is 1.03. The van der Waals surface area contributed by atoms with E-state index in [1.807, 2.05) is 105 Å². The van der Waals surface area contributed by atoms with E-state index in [4.69, 9.17) is 24.3 Å². The van der Waals surface area contributed by atoms with Gasteiger partial charge in [0.25, 0.3) is 0 Å². The number of fused-ring (bicyclic) bond motifs is 1. The summed E-state index contributed by atoms with van der Waals surface area (Å²) in [5.74, 6) is 0.947. The average Bonchev–Trinajstić information content (AvgIpc) is 3.51. The van der Waals surface area contributed by atoms with E-state index in [0.717, 1.165) is 64.9 Å². The number of anilines is 1. The van der Waals surface area contributed by atoms with Gasteiger partial charge in [0, 0.05) is 50.4 Å². The molecule has 0 bridgehead atoms. The lowest BCUT2D eigenvalue weighted by Crippen LogP contribution is -2.45. The van der Waals surface area contributed by atoms with Crippen LogP contribution in [-0.4, -0.2) is 63.7 Å². The molecule has 2 aliphatic rings. The molecule has 10 heteroatoms. The number of aromatic nitrogens is 3. The zero-order chi connectivity index (χ0) is 37.0. The smallest absolute Gasteiger partial charge is 0.410 e. The maximum atomic E-state index is 15.9. The van der Waals surface area contributed by atoms with Gasteiger partial charge in [0.05, 0.1) is 11.1 Å². The van der Waals surface area contributed by atoms with Gasteiger partial charge in [-0.05, 0) is 93.7 Å². The highest BCUT2D eigenvalue weighted by Crippen LogP contribution is 2.38. The van der Waals surface area contributed by atoms with E-state index < -0.39 is 11.8 Å². The number of likely N-dealkylation sites (tertiary alicyclic amines) is 1. The summed E-state index contributed by atoms with van der Waals surface area (Å²) in [5.41, 5.74) is 5.25. The molecular formula is C43H50FN5O4. The minimum absolute atomic E-state index is 0.0185. The monoisotopic (exact) mass is 719 g/mol. The molecule has 9 nitrogen and oxygen atoms in total. The summed E-state index contributed by atoms with van der Waals surface area (Å²) < 4.78 is 35.7. The molecule has 1 atom stereocenters. The number of pyridine rings is 1. The normalized spacial score (nSPS) is 16.5. The molecule has 0 radical (unpaired) electrons. The van der Waals surface area contributed by atoms with Crippen molar-refractivity contribution in [1.29, 1.82) is 0 Å². The van der Waals surface area contributed by atoms with Crippen LogP contribution >= 0.6 is 0 Å². The number of alkyl halides is 1. The molecule has 1 amide bonds. The van der Waals surface area contributed by atoms with Crippen LogP contribution in [0.15, 0.2) is 91.0 Å². The minimum atomic E-state index is -0.859. The predicted molar refractivity (Wildman–Crippen MR) is 206 cm³/mol. The number of piperidine rings is 2. The van der Waals surface area contributed by atoms with Gasteiger partial charge in [-0.15, -0.1) is 0 Å². The van der Waals surface area contributed by atoms with Crippen molar-refractivity contribution >= 4 is 22.7 Å². The Morgan fingerprint density at radius 3 is 2.04 bits per heavy atom. The fourth-order valence-corrected chi connectivity index (χ4v) is 7.48. The quantitative estimate of drug-likeness (QED) is 0.143. The second kappa shape index (κ2) is 15.9. The Morgan fingerprint density at radius 1 is 0.811 bits per heavy atom. The molecule has 0 unspecified atom stereocenters. The summed E-state index contributed by atoms with van der Waals surface area (Å²) in [4.78, 5) is 21.4. The standard InChI is InChI=1S/C43H50FN5O4/c1-43(2,3)53-42(50)49-25-21-33(22-26-49)39(44)32-19-23-48(24-20-32)34-15-16-35-37(27-34)47(4)46-40(35)36-17-18-38(51-28-30-11-7-5-8-12-30)45-41(36)52-29-31-13-9-6-10-14-31/h5-18,27,32-33,39H,19-26,28-29H2,1-4H3/t39-/m1/s1. The number of carbonyl (C=O) groups excluding carboxylic acids is 1. The van der Waals surface area contributed by atoms with Crippen LogP contribution in [0, 0.1) is 11.8 Å². The minimum Gasteiger partial charge on any atom is -0.473 e. The van der Waals surface area contributed by atoms with Crippen molar-refractivity contribution in [3.63, 3.8) is 0 Å². The number of ether oxygens (including phenoxy) is 3. The molecule has 2 fully saturated rings. The summed E-state index contributed by atoms with van der Waals surface area (Å²) in [6, 6.07) is 30.3.